The van der Waals surface area contributed by atoms with E-state index in [0.29, 0.717) is 19.1 Å². The first-order valence-electron chi connectivity index (χ1n) is 9.04. The molecule has 0 atom stereocenters. The second-order valence-corrected chi connectivity index (χ2v) is 8.15. The van der Waals surface area contributed by atoms with Crippen LogP contribution >= 0.6 is 0 Å². The lowest BCUT2D eigenvalue weighted by molar-refractivity contribution is 0.0360. The molecule has 2 aliphatic rings. The van der Waals surface area contributed by atoms with Crippen LogP contribution in [0.4, 0.5) is 0 Å². The maximum absolute atomic E-state index is 12.4. The first-order chi connectivity index (χ1) is 13.1. The lowest BCUT2D eigenvalue weighted by Crippen LogP contribution is -2.50. The molecule has 0 saturated carbocycles. The van der Waals surface area contributed by atoms with Gasteiger partial charge >= 0.3 is 0 Å². The van der Waals surface area contributed by atoms with E-state index in [2.05, 4.69) is 24.8 Å². The molecule has 9 nitrogen and oxygen atoms in total. The summed E-state index contributed by atoms with van der Waals surface area (Å²) in [7, 11) is -2.13. The molecule has 0 amide bonds. The summed E-state index contributed by atoms with van der Waals surface area (Å²) >= 11 is 0. The van der Waals surface area contributed by atoms with Crippen molar-refractivity contribution in [2.75, 3.05) is 59.8 Å². The van der Waals surface area contributed by atoms with E-state index in [1.54, 1.807) is 12.1 Å². The summed E-state index contributed by atoms with van der Waals surface area (Å²) in [5.41, 5.74) is 0. The van der Waals surface area contributed by atoms with Crippen LogP contribution in [0, 0.1) is 0 Å². The number of benzene rings is 1. The zero-order valence-electron chi connectivity index (χ0n) is 15.6. The van der Waals surface area contributed by atoms with E-state index in [0.717, 1.165) is 45.8 Å². The molecule has 1 aromatic carbocycles. The highest BCUT2D eigenvalue weighted by atomic mass is 32.2. The van der Waals surface area contributed by atoms with Gasteiger partial charge in [0.05, 0.1) is 38.6 Å². The molecule has 3 rings (SSSR count). The number of rotatable bonds is 7. The Labute approximate surface area is 160 Å². The lowest BCUT2D eigenvalue weighted by atomic mass is 10.3. The molecule has 1 aromatic rings. The summed E-state index contributed by atoms with van der Waals surface area (Å²) in [6.07, 6.45) is 1.05. The highest BCUT2D eigenvalue weighted by molar-refractivity contribution is 7.90. The molecule has 0 spiro atoms. The zero-order valence-corrected chi connectivity index (χ0v) is 16.4. The number of sulfonamides is 1. The fraction of sp³-hybridized carbons (Fsp3) is 0.588. The summed E-state index contributed by atoms with van der Waals surface area (Å²) in [5, 5.41) is 3.03. The minimum atomic E-state index is -3.67. The number of hydrogen-bond donors (Lipinski definition) is 2. The van der Waals surface area contributed by atoms with Crippen molar-refractivity contribution >= 4 is 16.0 Å². The number of aliphatic imine (C=N–C) groups is 1. The van der Waals surface area contributed by atoms with Gasteiger partial charge in [-0.3, -0.25) is 9.80 Å². The van der Waals surface area contributed by atoms with Gasteiger partial charge in [0.1, 0.15) is 5.75 Å². The maximum atomic E-state index is 12.4. The molecular formula is C17H27N5O4S. The number of methoxy groups -OCH3 is 1. The topological polar surface area (TPSA) is 95.5 Å². The van der Waals surface area contributed by atoms with E-state index in [1.807, 2.05) is 0 Å². The lowest BCUT2D eigenvalue weighted by Gasteiger charge is -2.29. The fourth-order valence-electron chi connectivity index (χ4n) is 2.97. The van der Waals surface area contributed by atoms with Gasteiger partial charge in [-0.2, -0.15) is 0 Å². The van der Waals surface area contributed by atoms with E-state index in [9.17, 15) is 8.42 Å². The van der Waals surface area contributed by atoms with Gasteiger partial charge in [-0.25, -0.2) is 18.1 Å². The standard InChI is InChI=1S/C17H27N5O4S/c1-25-15-3-5-16(6-4-15)27(23,24)20-17-18-13-22(14-19-17)8-2-7-21-9-11-26-12-10-21/h3-6H,2,7-14H2,1H3,(H2,18,19,20). The summed E-state index contributed by atoms with van der Waals surface area (Å²) in [6.45, 7) is 6.60. The van der Waals surface area contributed by atoms with Gasteiger partial charge < -0.3 is 14.8 Å². The molecule has 2 aliphatic heterocycles. The molecule has 2 heterocycles. The van der Waals surface area contributed by atoms with Crippen LogP contribution in [-0.4, -0.2) is 84.0 Å². The van der Waals surface area contributed by atoms with Gasteiger partial charge in [0.15, 0.2) is 0 Å². The second kappa shape index (κ2) is 9.36. The molecule has 0 aliphatic carbocycles. The average molecular weight is 398 g/mol. The van der Waals surface area contributed by atoms with Crippen molar-refractivity contribution in [1.29, 1.82) is 0 Å². The van der Waals surface area contributed by atoms with Gasteiger partial charge in [0, 0.05) is 19.6 Å². The number of ether oxygens (including phenoxy) is 2. The number of morpholine rings is 1. The van der Waals surface area contributed by atoms with Gasteiger partial charge in [-0.15, -0.1) is 0 Å². The Hall–Kier alpha value is -1.88. The Morgan fingerprint density at radius 2 is 1.89 bits per heavy atom. The third-order valence-corrected chi connectivity index (χ3v) is 5.91. The molecule has 0 unspecified atom stereocenters. The van der Waals surface area contributed by atoms with Gasteiger partial charge in [0.25, 0.3) is 10.0 Å². The Morgan fingerprint density at radius 3 is 2.52 bits per heavy atom. The van der Waals surface area contributed by atoms with Crippen LogP contribution < -0.4 is 14.8 Å². The molecule has 0 bridgehead atoms. The van der Waals surface area contributed by atoms with Crippen LogP contribution in [0.25, 0.3) is 0 Å². The smallest absolute Gasteiger partial charge is 0.264 e. The molecule has 27 heavy (non-hydrogen) atoms. The van der Waals surface area contributed by atoms with E-state index in [1.165, 1.54) is 19.2 Å². The minimum absolute atomic E-state index is 0.167. The molecular weight excluding hydrogens is 370 g/mol. The van der Waals surface area contributed by atoms with Crippen molar-refractivity contribution in [3.8, 4) is 5.75 Å². The van der Waals surface area contributed by atoms with Crippen LogP contribution in [0.5, 0.6) is 5.75 Å². The Kier molecular flexibility index (Phi) is 6.89. The summed E-state index contributed by atoms with van der Waals surface area (Å²) < 4.78 is 37.7. The largest absolute Gasteiger partial charge is 0.497 e. The van der Waals surface area contributed by atoms with Crippen LogP contribution in [0.2, 0.25) is 0 Å². The molecule has 1 fully saturated rings. The first-order valence-corrected chi connectivity index (χ1v) is 10.5. The minimum Gasteiger partial charge on any atom is -0.497 e. The van der Waals surface area contributed by atoms with Crippen molar-refractivity contribution in [1.82, 2.24) is 19.8 Å². The van der Waals surface area contributed by atoms with Crippen molar-refractivity contribution < 1.29 is 17.9 Å². The quantitative estimate of drug-likeness (QED) is 0.662. The maximum Gasteiger partial charge on any atom is 0.264 e. The number of hydrogen-bond acceptors (Lipinski definition) is 8. The average Bonchev–Trinajstić information content (AvgIpc) is 2.70. The molecule has 0 radical (unpaired) electrons. The highest BCUT2D eigenvalue weighted by Crippen LogP contribution is 2.15. The van der Waals surface area contributed by atoms with E-state index in [-0.39, 0.29) is 10.9 Å². The van der Waals surface area contributed by atoms with Crippen LogP contribution in [-0.2, 0) is 14.8 Å². The van der Waals surface area contributed by atoms with Crippen molar-refractivity contribution in [2.45, 2.75) is 11.3 Å². The van der Waals surface area contributed by atoms with Crippen LogP contribution in [0.3, 0.4) is 0 Å². The Morgan fingerprint density at radius 1 is 1.19 bits per heavy atom. The number of guanidine groups is 1. The van der Waals surface area contributed by atoms with Gasteiger partial charge in [-0.1, -0.05) is 0 Å². The second-order valence-electron chi connectivity index (χ2n) is 6.47. The van der Waals surface area contributed by atoms with E-state index in [4.69, 9.17) is 9.47 Å². The summed E-state index contributed by atoms with van der Waals surface area (Å²) in [6, 6.07) is 6.23. The van der Waals surface area contributed by atoms with Gasteiger partial charge in [-0.05, 0) is 37.2 Å². The Balaban J connectivity index is 1.45. The van der Waals surface area contributed by atoms with Crippen LogP contribution in [0.1, 0.15) is 6.42 Å². The zero-order chi connectivity index (χ0) is 19.1. The Bertz CT molecular complexity index is 732. The molecule has 0 aromatic heterocycles. The van der Waals surface area contributed by atoms with Gasteiger partial charge in [0.2, 0.25) is 5.96 Å². The SMILES string of the molecule is COc1ccc(S(=O)(=O)NC2=NCN(CCCN3CCOCC3)CN2)cc1. The predicted molar refractivity (Wildman–Crippen MR) is 102 cm³/mol. The van der Waals surface area contributed by atoms with E-state index >= 15 is 0 Å². The molecule has 150 valence electrons. The fourth-order valence-corrected chi connectivity index (χ4v) is 3.97. The van der Waals surface area contributed by atoms with Crippen LogP contribution in [0.15, 0.2) is 34.2 Å². The van der Waals surface area contributed by atoms with Crippen molar-refractivity contribution in [2.24, 2.45) is 4.99 Å². The number of nitrogens with zero attached hydrogens (tertiary/aromatic N) is 3. The number of nitrogens with one attached hydrogen (secondary N) is 2. The monoisotopic (exact) mass is 397 g/mol. The third kappa shape index (κ3) is 5.80. The van der Waals surface area contributed by atoms with E-state index < -0.39 is 10.0 Å². The highest BCUT2D eigenvalue weighted by Gasteiger charge is 2.19. The predicted octanol–water partition coefficient (Wildman–Crippen LogP) is -0.128. The molecule has 2 N–H and O–H groups in total. The third-order valence-electron chi connectivity index (χ3n) is 4.55. The van der Waals surface area contributed by atoms with Crippen molar-refractivity contribution in [3.05, 3.63) is 24.3 Å². The first kappa shape index (κ1) is 19.9. The summed E-state index contributed by atoms with van der Waals surface area (Å²) in [4.78, 5) is 9.02. The van der Waals surface area contributed by atoms with Crippen molar-refractivity contribution in [3.63, 3.8) is 0 Å². The molecule has 10 heteroatoms. The molecule has 1 saturated heterocycles. The normalized spacial score (nSPS) is 19.2. The summed E-state index contributed by atoms with van der Waals surface area (Å²) in [5.74, 6) is 0.880.